The molecule has 0 aliphatic heterocycles. The van der Waals surface area contributed by atoms with Crippen LogP contribution in [0.1, 0.15) is 20.7 Å². The Morgan fingerprint density at radius 2 is 1.67 bits per heavy atom. The molecule has 12 heteroatoms. The molecule has 0 unspecified atom stereocenters. The molecule has 1 heterocycles. The molecule has 0 fully saturated rings. The molecule has 0 spiro atoms. The van der Waals surface area contributed by atoms with Crippen molar-refractivity contribution >= 4 is 51.0 Å². The molecule has 3 aromatic rings. The first kappa shape index (κ1) is 26.4. The van der Waals surface area contributed by atoms with E-state index in [-0.39, 0.29) is 24.1 Å². The number of hydrogen-bond acceptors (Lipinski definition) is 7. The van der Waals surface area contributed by atoms with Gasteiger partial charge < -0.3 is 14.4 Å². The van der Waals surface area contributed by atoms with Crippen molar-refractivity contribution < 1.29 is 32.2 Å². The molecule has 7 nitrogen and oxygen atoms in total. The maximum atomic E-state index is 13.2. The molecule has 0 aliphatic rings. The lowest BCUT2D eigenvalue weighted by atomic mass is 10.1. The highest BCUT2D eigenvalue weighted by atomic mass is 35.5. The molecule has 0 saturated heterocycles. The van der Waals surface area contributed by atoms with Gasteiger partial charge in [-0.25, -0.2) is 9.78 Å². The van der Waals surface area contributed by atoms with E-state index in [4.69, 9.17) is 0 Å². The number of nitrogens with zero attached hydrogens (tertiary/aromatic N) is 3. The predicted molar refractivity (Wildman–Crippen MR) is 122 cm³/mol. The van der Waals surface area contributed by atoms with Crippen molar-refractivity contribution in [3.05, 3.63) is 53.6 Å². The van der Waals surface area contributed by atoms with Crippen LogP contribution in [0.4, 0.5) is 18.3 Å². The lowest BCUT2D eigenvalue weighted by Crippen LogP contribution is -2.36. The van der Waals surface area contributed by atoms with Gasteiger partial charge in [-0.05, 0) is 50.5 Å². The molecule has 0 saturated carbocycles. The molecule has 0 atom stereocenters. The van der Waals surface area contributed by atoms with Gasteiger partial charge in [-0.1, -0.05) is 11.3 Å². The summed E-state index contributed by atoms with van der Waals surface area (Å²) in [7, 11) is 4.97. The zero-order valence-electron chi connectivity index (χ0n) is 17.9. The minimum absolute atomic E-state index is 0. The first-order valence-electron chi connectivity index (χ1n) is 9.38. The number of aromatic nitrogens is 1. The summed E-state index contributed by atoms with van der Waals surface area (Å²) >= 11 is 1.09. The third-order valence-corrected chi connectivity index (χ3v) is 5.42. The van der Waals surface area contributed by atoms with E-state index in [1.807, 2.05) is 19.0 Å². The number of carbonyl (C=O) groups excluding carboxylic acids is 2. The molecular formula is C21H21ClF3N3O4S. The molecule has 0 aliphatic carbocycles. The van der Waals surface area contributed by atoms with E-state index in [1.54, 1.807) is 0 Å². The fourth-order valence-corrected chi connectivity index (χ4v) is 3.83. The first-order chi connectivity index (χ1) is 15.1. The summed E-state index contributed by atoms with van der Waals surface area (Å²) in [5.74, 6) is -1.23. The fourth-order valence-electron chi connectivity index (χ4n) is 2.81. The Morgan fingerprint density at radius 3 is 2.24 bits per heavy atom. The van der Waals surface area contributed by atoms with Gasteiger partial charge in [0, 0.05) is 24.7 Å². The topological polar surface area (TPSA) is 72.0 Å². The van der Waals surface area contributed by atoms with Crippen LogP contribution in [0.25, 0.3) is 10.2 Å². The maximum absolute atomic E-state index is 13.2. The number of hydrogen-bond donors (Lipinski definition) is 0. The third kappa shape index (κ3) is 6.80. The monoisotopic (exact) mass is 503 g/mol. The van der Waals surface area contributed by atoms with Crippen LogP contribution in [0.2, 0.25) is 0 Å². The average molecular weight is 504 g/mol. The number of halogens is 4. The van der Waals surface area contributed by atoms with Crippen LogP contribution in [-0.2, 0) is 4.74 Å². The number of thiazole rings is 1. The normalized spacial score (nSPS) is 11.2. The number of amides is 1. The van der Waals surface area contributed by atoms with Crippen molar-refractivity contribution in [2.75, 3.05) is 39.2 Å². The van der Waals surface area contributed by atoms with Crippen molar-refractivity contribution in [3.8, 4) is 5.75 Å². The Labute approximate surface area is 198 Å². The molecule has 0 radical (unpaired) electrons. The van der Waals surface area contributed by atoms with Gasteiger partial charge >= 0.3 is 12.3 Å². The van der Waals surface area contributed by atoms with Gasteiger partial charge in [0.15, 0.2) is 5.13 Å². The van der Waals surface area contributed by atoms with Gasteiger partial charge in [0.1, 0.15) is 5.75 Å². The molecule has 1 amide bonds. The Bertz CT molecular complexity index is 1120. The smallest absolute Gasteiger partial charge is 0.465 e. The number of fused-ring (bicyclic) bond motifs is 1. The van der Waals surface area contributed by atoms with Gasteiger partial charge in [0.25, 0.3) is 5.91 Å². The minimum atomic E-state index is -4.80. The quantitative estimate of drug-likeness (QED) is 0.438. The van der Waals surface area contributed by atoms with E-state index in [1.165, 1.54) is 54.5 Å². The summed E-state index contributed by atoms with van der Waals surface area (Å²) < 4.78 is 46.7. The van der Waals surface area contributed by atoms with E-state index in [0.29, 0.717) is 39.6 Å². The van der Waals surface area contributed by atoms with Crippen molar-refractivity contribution in [3.63, 3.8) is 0 Å². The highest BCUT2D eigenvalue weighted by molar-refractivity contribution is 7.22. The molecule has 0 N–H and O–H groups in total. The zero-order chi connectivity index (χ0) is 23.5. The Balaban J connectivity index is 0.00000385. The van der Waals surface area contributed by atoms with E-state index < -0.39 is 12.3 Å². The Morgan fingerprint density at radius 1 is 1.03 bits per heavy atom. The number of alkyl halides is 3. The number of esters is 1. The Kier molecular flexibility index (Phi) is 8.64. The van der Waals surface area contributed by atoms with Gasteiger partial charge in [-0.3, -0.25) is 9.69 Å². The van der Waals surface area contributed by atoms with Crippen LogP contribution in [0.15, 0.2) is 42.5 Å². The molecule has 33 heavy (non-hydrogen) atoms. The van der Waals surface area contributed by atoms with Gasteiger partial charge in [-0.2, -0.15) is 0 Å². The van der Waals surface area contributed by atoms with Gasteiger partial charge in [0.05, 0.1) is 22.9 Å². The second-order valence-electron chi connectivity index (χ2n) is 7.00. The number of carbonyl (C=O) groups is 2. The molecule has 3 rings (SSSR count). The van der Waals surface area contributed by atoms with E-state index in [9.17, 15) is 22.8 Å². The minimum Gasteiger partial charge on any atom is -0.465 e. The van der Waals surface area contributed by atoms with Crippen LogP contribution in [0, 0.1) is 0 Å². The Hall–Kier alpha value is -2.89. The molecule has 178 valence electrons. The molecule has 1 aromatic heterocycles. The second-order valence-corrected chi connectivity index (χ2v) is 8.01. The first-order valence-corrected chi connectivity index (χ1v) is 10.2. The molecule has 0 bridgehead atoms. The summed E-state index contributed by atoms with van der Waals surface area (Å²) in [6.45, 7) is 0.834. The fraction of sp³-hybridized carbons (Fsp3) is 0.286. The van der Waals surface area contributed by atoms with Crippen molar-refractivity contribution in [2.24, 2.45) is 0 Å². The van der Waals surface area contributed by atoms with Crippen molar-refractivity contribution in [2.45, 2.75) is 6.36 Å². The largest absolute Gasteiger partial charge is 0.573 e. The summed E-state index contributed by atoms with van der Waals surface area (Å²) in [5.41, 5.74) is 1.08. The highest BCUT2D eigenvalue weighted by Crippen LogP contribution is 2.33. The predicted octanol–water partition coefficient (Wildman–Crippen LogP) is 4.61. The number of anilines is 1. The van der Waals surface area contributed by atoms with E-state index >= 15 is 0 Å². The summed E-state index contributed by atoms with van der Waals surface area (Å²) in [6.07, 6.45) is -4.80. The maximum Gasteiger partial charge on any atom is 0.573 e. The number of likely N-dealkylation sites (N-methyl/N-ethyl adjacent to an activating group) is 1. The lowest BCUT2D eigenvalue weighted by molar-refractivity contribution is -0.274. The van der Waals surface area contributed by atoms with E-state index in [2.05, 4.69) is 14.5 Å². The van der Waals surface area contributed by atoms with Crippen LogP contribution < -0.4 is 9.64 Å². The summed E-state index contributed by atoms with van der Waals surface area (Å²) in [5, 5.41) is 0.341. The van der Waals surface area contributed by atoms with Crippen molar-refractivity contribution in [1.82, 2.24) is 9.88 Å². The van der Waals surface area contributed by atoms with Gasteiger partial charge in [-0.15, -0.1) is 25.6 Å². The third-order valence-electron chi connectivity index (χ3n) is 4.38. The number of methoxy groups -OCH3 is 1. The standard InChI is InChI=1S/C21H20F3N3O4S.ClH/c1-26(2)10-11-27(18(28)13-4-6-14(7-5-13)19(29)30-3)20-25-16-9-8-15(12-17(16)32-20)31-21(22,23)24;/h4-9,12H,10-11H2,1-3H3;1H. The number of benzene rings is 2. The molecular weight excluding hydrogens is 483 g/mol. The van der Waals surface area contributed by atoms with Crippen LogP contribution >= 0.6 is 23.7 Å². The lowest BCUT2D eigenvalue weighted by Gasteiger charge is -2.22. The average Bonchev–Trinajstić information content (AvgIpc) is 3.14. The van der Waals surface area contributed by atoms with Crippen LogP contribution in [0.5, 0.6) is 5.75 Å². The zero-order valence-corrected chi connectivity index (χ0v) is 19.5. The number of rotatable bonds is 7. The number of ether oxygens (including phenoxy) is 2. The van der Waals surface area contributed by atoms with Crippen LogP contribution in [0.3, 0.4) is 0 Å². The molecule has 2 aromatic carbocycles. The second kappa shape index (κ2) is 10.8. The SMILES string of the molecule is COC(=O)c1ccc(C(=O)N(CCN(C)C)c2nc3ccc(OC(F)(F)F)cc3s2)cc1.Cl. The summed E-state index contributed by atoms with van der Waals surface area (Å²) in [6, 6.07) is 9.83. The summed E-state index contributed by atoms with van der Waals surface area (Å²) in [4.78, 5) is 32.6. The highest BCUT2D eigenvalue weighted by Gasteiger charge is 2.31. The van der Waals surface area contributed by atoms with Gasteiger partial charge in [0.2, 0.25) is 0 Å². The van der Waals surface area contributed by atoms with Crippen LogP contribution in [-0.4, -0.2) is 62.4 Å². The van der Waals surface area contributed by atoms with Crippen molar-refractivity contribution in [1.29, 1.82) is 0 Å². The van der Waals surface area contributed by atoms with E-state index in [0.717, 1.165) is 11.3 Å².